The zero-order valence-electron chi connectivity index (χ0n) is 11.1. The summed E-state index contributed by atoms with van der Waals surface area (Å²) >= 11 is 0. The minimum Gasteiger partial charge on any atom is -0.385 e. The van der Waals surface area contributed by atoms with Crippen molar-refractivity contribution in [2.24, 2.45) is 11.8 Å². The van der Waals surface area contributed by atoms with Gasteiger partial charge in [-0.1, -0.05) is 26.2 Å². The van der Waals surface area contributed by atoms with Crippen molar-refractivity contribution in [3.8, 4) is 0 Å². The molecule has 1 aromatic rings. The number of pyridine rings is 1. The third kappa shape index (κ3) is 4.03. The number of hydrogen-bond acceptors (Lipinski definition) is 2. The van der Waals surface area contributed by atoms with Crippen molar-refractivity contribution < 1.29 is 0 Å². The zero-order chi connectivity index (χ0) is 12.1. The summed E-state index contributed by atoms with van der Waals surface area (Å²) in [7, 11) is 0. The van der Waals surface area contributed by atoms with Crippen LogP contribution in [0.2, 0.25) is 0 Å². The lowest BCUT2D eigenvalue weighted by Gasteiger charge is -2.26. The molecule has 1 N–H and O–H groups in total. The third-order valence-electron chi connectivity index (χ3n) is 3.82. The van der Waals surface area contributed by atoms with Crippen LogP contribution in [0.1, 0.15) is 44.7 Å². The van der Waals surface area contributed by atoms with Crippen LogP contribution in [0.25, 0.3) is 0 Å². The molecule has 2 rings (SSSR count). The summed E-state index contributed by atoms with van der Waals surface area (Å²) in [6.07, 6.45) is 8.91. The van der Waals surface area contributed by atoms with E-state index in [9.17, 15) is 0 Å². The maximum absolute atomic E-state index is 4.21. The van der Waals surface area contributed by atoms with Crippen LogP contribution >= 0.6 is 0 Å². The Labute approximate surface area is 105 Å². The van der Waals surface area contributed by atoms with E-state index in [2.05, 4.69) is 29.4 Å². The predicted octanol–water partition coefficient (Wildman–Crippen LogP) is 4.02. The maximum Gasteiger partial charge on any atom is 0.0393 e. The van der Waals surface area contributed by atoms with Gasteiger partial charge in [-0.3, -0.25) is 4.98 Å². The Morgan fingerprint density at radius 2 is 2.29 bits per heavy atom. The third-order valence-corrected chi connectivity index (χ3v) is 3.82. The van der Waals surface area contributed by atoms with Crippen LogP contribution in [0.3, 0.4) is 0 Å². The van der Waals surface area contributed by atoms with E-state index in [1.165, 1.54) is 37.8 Å². The Kier molecular flexibility index (Phi) is 4.41. The van der Waals surface area contributed by atoms with Crippen molar-refractivity contribution in [3.63, 3.8) is 0 Å². The van der Waals surface area contributed by atoms with Gasteiger partial charge in [0.2, 0.25) is 0 Å². The Balaban J connectivity index is 1.72. The Morgan fingerprint density at radius 1 is 1.41 bits per heavy atom. The fourth-order valence-electron chi connectivity index (χ4n) is 2.90. The molecule has 0 saturated heterocycles. The van der Waals surface area contributed by atoms with Gasteiger partial charge in [-0.15, -0.1) is 0 Å². The molecule has 2 nitrogen and oxygen atoms in total. The van der Waals surface area contributed by atoms with Gasteiger partial charge in [-0.05, 0) is 43.7 Å². The van der Waals surface area contributed by atoms with Crippen molar-refractivity contribution in [2.75, 3.05) is 11.9 Å². The van der Waals surface area contributed by atoms with Gasteiger partial charge in [0, 0.05) is 24.1 Å². The fourth-order valence-corrected chi connectivity index (χ4v) is 2.90. The zero-order valence-corrected chi connectivity index (χ0v) is 11.1. The van der Waals surface area contributed by atoms with Gasteiger partial charge in [0.05, 0.1) is 0 Å². The van der Waals surface area contributed by atoms with Gasteiger partial charge >= 0.3 is 0 Å². The molecule has 0 radical (unpaired) electrons. The molecule has 0 aliphatic heterocycles. The van der Waals surface area contributed by atoms with Crippen molar-refractivity contribution in [1.29, 1.82) is 0 Å². The van der Waals surface area contributed by atoms with Crippen LogP contribution in [0.15, 0.2) is 18.3 Å². The minimum absolute atomic E-state index is 0.939. The SMILES string of the molecule is Cc1cc(NCCC2CCCC(C)C2)ccn1. The van der Waals surface area contributed by atoms with Crippen LogP contribution < -0.4 is 5.32 Å². The van der Waals surface area contributed by atoms with Crippen molar-refractivity contribution >= 4 is 5.69 Å². The van der Waals surface area contributed by atoms with Crippen molar-refractivity contribution in [1.82, 2.24) is 4.98 Å². The molecule has 1 aliphatic carbocycles. The summed E-state index contributed by atoms with van der Waals surface area (Å²) in [5.74, 6) is 1.88. The van der Waals surface area contributed by atoms with E-state index in [1.807, 2.05) is 13.1 Å². The molecule has 1 heterocycles. The first-order chi connectivity index (χ1) is 8.24. The van der Waals surface area contributed by atoms with Crippen molar-refractivity contribution in [3.05, 3.63) is 24.0 Å². The number of hydrogen-bond donors (Lipinski definition) is 1. The molecule has 0 spiro atoms. The monoisotopic (exact) mass is 232 g/mol. The second-order valence-corrected chi connectivity index (χ2v) is 5.54. The molecule has 0 amide bonds. The van der Waals surface area contributed by atoms with E-state index in [0.29, 0.717) is 0 Å². The summed E-state index contributed by atoms with van der Waals surface area (Å²) in [5.41, 5.74) is 2.29. The van der Waals surface area contributed by atoms with E-state index < -0.39 is 0 Å². The molecular weight excluding hydrogens is 208 g/mol. The molecule has 2 atom stereocenters. The van der Waals surface area contributed by atoms with Gasteiger partial charge in [-0.25, -0.2) is 0 Å². The molecule has 1 fully saturated rings. The number of rotatable bonds is 4. The van der Waals surface area contributed by atoms with Crippen LogP contribution in [-0.2, 0) is 0 Å². The van der Waals surface area contributed by atoms with Crippen LogP contribution in [0, 0.1) is 18.8 Å². The number of aryl methyl sites for hydroxylation is 1. The molecular formula is C15H24N2. The molecule has 94 valence electrons. The molecule has 2 heteroatoms. The van der Waals surface area contributed by atoms with Crippen LogP contribution in [0.5, 0.6) is 0 Å². The highest BCUT2D eigenvalue weighted by Crippen LogP contribution is 2.30. The van der Waals surface area contributed by atoms with E-state index in [4.69, 9.17) is 0 Å². The summed E-state index contributed by atoms with van der Waals surface area (Å²) in [5, 5.41) is 3.51. The highest BCUT2D eigenvalue weighted by Gasteiger charge is 2.18. The van der Waals surface area contributed by atoms with Gasteiger partial charge in [0.15, 0.2) is 0 Å². The maximum atomic E-state index is 4.21. The van der Waals surface area contributed by atoms with Crippen molar-refractivity contribution in [2.45, 2.75) is 46.0 Å². The first-order valence-electron chi connectivity index (χ1n) is 6.90. The number of aromatic nitrogens is 1. The highest BCUT2D eigenvalue weighted by atomic mass is 14.9. The van der Waals surface area contributed by atoms with Gasteiger partial charge in [-0.2, -0.15) is 0 Å². The normalized spacial score (nSPS) is 24.6. The van der Waals surface area contributed by atoms with Gasteiger partial charge in [0.1, 0.15) is 0 Å². The summed E-state index contributed by atoms with van der Waals surface area (Å²) in [4.78, 5) is 4.21. The smallest absolute Gasteiger partial charge is 0.0393 e. The molecule has 1 aliphatic rings. The van der Waals surface area contributed by atoms with E-state index in [0.717, 1.165) is 24.1 Å². The summed E-state index contributed by atoms with van der Waals surface area (Å²) in [6.45, 7) is 5.53. The lowest BCUT2D eigenvalue weighted by Crippen LogP contribution is -2.16. The Bertz CT molecular complexity index is 349. The second kappa shape index (κ2) is 6.04. The topological polar surface area (TPSA) is 24.9 Å². The molecule has 17 heavy (non-hydrogen) atoms. The predicted molar refractivity (Wildman–Crippen MR) is 73.2 cm³/mol. The first kappa shape index (κ1) is 12.4. The van der Waals surface area contributed by atoms with Crippen LogP contribution in [-0.4, -0.2) is 11.5 Å². The largest absolute Gasteiger partial charge is 0.385 e. The molecule has 2 unspecified atom stereocenters. The summed E-state index contributed by atoms with van der Waals surface area (Å²) in [6, 6.07) is 4.17. The lowest BCUT2D eigenvalue weighted by molar-refractivity contribution is 0.274. The van der Waals surface area contributed by atoms with Gasteiger partial charge in [0.25, 0.3) is 0 Å². The lowest BCUT2D eigenvalue weighted by atomic mass is 9.81. The van der Waals surface area contributed by atoms with Gasteiger partial charge < -0.3 is 5.32 Å². The molecule has 1 aromatic heterocycles. The second-order valence-electron chi connectivity index (χ2n) is 5.54. The number of nitrogens with one attached hydrogen (secondary N) is 1. The molecule has 0 bridgehead atoms. The Hall–Kier alpha value is -1.05. The molecule has 1 saturated carbocycles. The average molecular weight is 232 g/mol. The number of anilines is 1. The summed E-state index contributed by atoms with van der Waals surface area (Å²) < 4.78 is 0. The minimum atomic E-state index is 0.939. The standard InChI is InChI=1S/C15H24N2/c1-12-4-3-5-14(10-12)6-8-17-15-7-9-16-13(2)11-15/h7,9,11-12,14H,3-6,8,10H2,1-2H3,(H,16,17). The van der Waals surface area contributed by atoms with E-state index in [1.54, 1.807) is 0 Å². The molecule has 0 aromatic carbocycles. The fraction of sp³-hybridized carbons (Fsp3) is 0.667. The highest BCUT2D eigenvalue weighted by molar-refractivity contribution is 5.42. The average Bonchev–Trinajstić information content (AvgIpc) is 2.29. The van der Waals surface area contributed by atoms with E-state index >= 15 is 0 Å². The number of nitrogens with zero attached hydrogens (tertiary/aromatic N) is 1. The Morgan fingerprint density at radius 3 is 3.06 bits per heavy atom. The van der Waals surface area contributed by atoms with Crippen LogP contribution in [0.4, 0.5) is 5.69 Å². The quantitative estimate of drug-likeness (QED) is 0.848. The van der Waals surface area contributed by atoms with E-state index in [-0.39, 0.29) is 0 Å². The first-order valence-corrected chi connectivity index (χ1v) is 6.90.